The molecule has 0 heterocycles. The number of hydrogen-bond donors (Lipinski definition) is 2. The first-order valence-electron chi connectivity index (χ1n) is 6.98. The SMILES string of the molecule is CCOC(=O)C(NC(=O)NC1CCCC1)C(=O)OCC. The van der Waals surface area contributed by atoms with E-state index in [0.717, 1.165) is 25.7 Å². The first-order chi connectivity index (χ1) is 9.58. The third kappa shape index (κ3) is 5.07. The summed E-state index contributed by atoms with van der Waals surface area (Å²) in [7, 11) is 0. The summed E-state index contributed by atoms with van der Waals surface area (Å²) in [5.74, 6) is -1.62. The quantitative estimate of drug-likeness (QED) is 0.554. The third-order valence-corrected chi connectivity index (χ3v) is 3.01. The zero-order valence-corrected chi connectivity index (χ0v) is 11.9. The number of urea groups is 1. The van der Waals surface area contributed by atoms with Gasteiger partial charge in [-0.25, -0.2) is 14.4 Å². The van der Waals surface area contributed by atoms with Crippen LogP contribution < -0.4 is 10.6 Å². The van der Waals surface area contributed by atoms with Crippen LogP contribution in [0.2, 0.25) is 0 Å². The molecule has 0 atom stereocenters. The van der Waals surface area contributed by atoms with Crippen molar-refractivity contribution in [3.05, 3.63) is 0 Å². The summed E-state index contributed by atoms with van der Waals surface area (Å²) in [4.78, 5) is 35.1. The van der Waals surface area contributed by atoms with Crippen LogP contribution in [0.1, 0.15) is 39.5 Å². The molecule has 0 radical (unpaired) electrons. The highest BCUT2D eigenvalue weighted by atomic mass is 16.6. The number of esters is 2. The van der Waals surface area contributed by atoms with Crippen LogP contribution in [0.25, 0.3) is 0 Å². The topological polar surface area (TPSA) is 93.7 Å². The van der Waals surface area contributed by atoms with Gasteiger partial charge in [-0.05, 0) is 26.7 Å². The molecule has 7 nitrogen and oxygen atoms in total. The standard InChI is InChI=1S/C13H22N2O5/c1-3-19-11(16)10(12(17)20-4-2)15-13(18)14-9-7-5-6-8-9/h9-10H,3-8H2,1-2H3,(H2,14,15,18). The number of carbonyl (C=O) groups is 3. The van der Waals surface area contributed by atoms with Crippen LogP contribution >= 0.6 is 0 Å². The van der Waals surface area contributed by atoms with Crippen molar-refractivity contribution in [3.8, 4) is 0 Å². The predicted molar refractivity (Wildman–Crippen MR) is 71.0 cm³/mol. The maximum Gasteiger partial charge on any atom is 0.340 e. The smallest absolute Gasteiger partial charge is 0.340 e. The Labute approximate surface area is 118 Å². The molecule has 0 saturated heterocycles. The van der Waals surface area contributed by atoms with E-state index in [4.69, 9.17) is 9.47 Å². The normalized spacial score (nSPS) is 14.9. The maximum atomic E-state index is 11.8. The summed E-state index contributed by atoms with van der Waals surface area (Å²) in [5, 5.41) is 5.05. The van der Waals surface area contributed by atoms with Gasteiger partial charge in [0, 0.05) is 6.04 Å². The number of amides is 2. The van der Waals surface area contributed by atoms with E-state index in [-0.39, 0.29) is 19.3 Å². The van der Waals surface area contributed by atoms with E-state index in [1.807, 2.05) is 0 Å². The number of ether oxygens (including phenoxy) is 2. The van der Waals surface area contributed by atoms with Crippen LogP contribution in [-0.2, 0) is 19.1 Å². The second-order valence-corrected chi connectivity index (χ2v) is 4.54. The Morgan fingerprint density at radius 2 is 1.55 bits per heavy atom. The number of carbonyl (C=O) groups excluding carboxylic acids is 3. The van der Waals surface area contributed by atoms with Gasteiger partial charge in [-0.3, -0.25) is 0 Å². The highest BCUT2D eigenvalue weighted by Gasteiger charge is 2.32. The van der Waals surface area contributed by atoms with Crippen molar-refractivity contribution in [2.24, 2.45) is 0 Å². The van der Waals surface area contributed by atoms with Gasteiger partial charge in [0.2, 0.25) is 6.04 Å². The minimum Gasteiger partial charge on any atom is -0.464 e. The molecular weight excluding hydrogens is 264 g/mol. The number of rotatable bonds is 6. The zero-order chi connectivity index (χ0) is 15.0. The second kappa shape index (κ2) is 8.39. The van der Waals surface area contributed by atoms with Gasteiger partial charge in [0.25, 0.3) is 0 Å². The van der Waals surface area contributed by atoms with E-state index in [9.17, 15) is 14.4 Å². The van der Waals surface area contributed by atoms with E-state index < -0.39 is 24.0 Å². The lowest BCUT2D eigenvalue weighted by Gasteiger charge is -2.18. The Bertz CT molecular complexity index is 335. The first kappa shape index (κ1) is 16.3. The van der Waals surface area contributed by atoms with Gasteiger partial charge >= 0.3 is 18.0 Å². The molecule has 114 valence electrons. The molecular formula is C13H22N2O5. The summed E-state index contributed by atoms with van der Waals surface area (Å²) < 4.78 is 9.52. The summed E-state index contributed by atoms with van der Waals surface area (Å²) in [6.45, 7) is 3.50. The van der Waals surface area contributed by atoms with E-state index >= 15 is 0 Å². The van der Waals surface area contributed by atoms with Crippen LogP contribution in [0, 0.1) is 0 Å². The summed E-state index contributed by atoms with van der Waals surface area (Å²) in [6.07, 6.45) is 3.97. The molecule has 1 fully saturated rings. The molecule has 1 aliphatic carbocycles. The van der Waals surface area contributed by atoms with E-state index in [1.54, 1.807) is 13.8 Å². The molecule has 0 aliphatic heterocycles. The van der Waals surface area contributed by atoms with Crippen molar-refractivity contribution in [2.75, 3.05) is 13.2 Å². The molecule has 0 aromatic heterocycles. The Balaban J connectivity index is 2.55. The van der Waals surface area contributed by atoms with Crippen LogP contribution in [0.3, 0.4) is 0 Å². The molecule has 0 unspecified atom stereocenters. The fourth-order valence-electron chi connectivity index (χ4n) is 2.09. The van der Waals surface area contributed by atoms with E-state index in [2.05, 4.69) is 10.6 Å². The lowest BCUT2D eigenvalue weighted by molar-refractivity contribution is -0.157. The van der Waals surface area contributed by atoms with Gasteiger partial charge < -0.3 is 20.1 Å². The predicted octanol–water partition coefficient (Wildman–Crippen LogP) is 0.723. The van der Waals surface area contributed by atoms with Crippen molar-refractivity contribution >= 4 is 18.0 Å². The Morgan fingerprint density at radius 1 is 1.05 bits per heavy atom. The van der Waals surface area contributed by atoms with Gasteiger partial charge in [0.1, 0.15) is 0 Å². The molecule has 0 bridgehead atoms. The van der Waals surface area contributed by atoms with Gasteiger partial charge in [0.05, 0.1) is 13.2 Å². The molecule has 7 heteroatoms. The van der Waals surface area contributed by atoms with E-state index in [1.165, 1.54) is 0 Å². The van der Waals surface area contributed by atoms with Gasteiger partial charge in [-0.2, -0.15) is 0 Å². The Morgan fingerprint density at radius 3 is 2.00 bits per heavy atom. The van der Waals surface area contributed by atoms with Crippen molar-refractivity contribution in [3.63, 3.8) is 0 Å². The molecule has 20 heavy (non-hydrogen) atoms. The third-order valence-electron chi connectivity index (χ3n) is 3.01. The Kier molecular flexibility index (Phi) is 6.83. The highest BCUT2D eigenvalue weighted by molar-refractivity contribution is 6.02. The molecule has 2 amide bonds. The fourth-order valence-corrected chi connectivity index (χ4v) is 2.09. The fraction of sp³-hybridized carbons (Fsp3) is 0.769. The monoisotopic (exact) mass is 286 g/mol. The average molecular weight is 286 g/mol. The number of nitrogens with one attached hydrogen (secondary N) is 2. The van der Waals surface area contributed by atoms with Crippen molar-refractivity contribution in [1.29, 1.82) is 0 Å². The molecule has 1 rings (SSSR count). The minimum absolute atomic E-state index is 0.0973. The Hall–Kier alpha value is -1.79. The molecule has 2 N–H and O–H groups in total. The molecule has 0 aromatic rings. The molecule has 1 saturated carbocycles. The largest absolute Gasteiger partial charge is 0.464 e. The van der Waals surface area contributed by atoms with Crippen LogP contribution in [0.15, 0.2) is 0 Å². The van der Waals surface area contributed by atoms with Crippen molar-refractivity contribution in [1.82, 2.24) is 10.6 Å². The maximum absolute atomic E-state index is 11.8. The highest BCUT2D eigenvalue weighted by Crippen LogP contribution is 2.17. The summed E-state index contributed by atoms with van der Waals surface area (Å²) in [5.41, 5.74) is 0. The summed E-state index contributed by atoms with van der Waals surface area (Å²) in [6, 6.07) is -1.88. The minimum atomic E-state index is -1.42. The van der Waals surface area contributed by atoms with Crippen molar-refractivity contribution < 1.29 is 23.9 Å². The molecule has 0 spiro atoms. The lowest BCUT2D eigenvalue weighted by Crippen LogP contribution is -2.53. The number of hydrogen-bond acceptors (Lipinski definition) is 5. The van der Waals surface area contributed by atoms with Gasteiger partial charge in [-0.1, -0.05) is 12.8 Å². The molecule has 0 aromatic carbocycles. The van der Waals surface area contributed by atoms with Crippen LogP contribution in [0.5, 0.6) is 0 Å². The first-order valence-corrected chi connectivity index (χ1v) is 6.98. The molecule has 1 aliphatic rings. The van der Waals surface area contributed by atoms with Gasteiger partial charge in [-0.15, -0.1) is 0 Å². The second-order valence-electron chi connectivity index (χ2n) is 4.54. The average Bonchev–Trinajstić information content (AvgIpc) is 2.89. The zero-order valence-electron chi connectivity index (χ0n) is 11.9. The van der Waals surface area contributed by atoms with Crippen LogP contribution in [-0.4, -0.2) is 43.3 Å². The summed E-state index contributed by atoms with van der Waals surface area (Å²) >= 11 is 0. The lowest BCUT2D eigenvalue weighted by atomic mass is 10.2. The van der Waals surface area contributed by atoms with Crippen LogP contribution in [0.4, 0.5) is 4.79 Å². The van der Waals surface area contributed by atoms with Gasteiger partial charge in [0.15, 0.2) is 0 Å². The van der Waals surface area contributed by atoms with E-state index in [0.29, 0.717) is 0 Å². The van der Waals surface area contributed by atoms with Crippen molar-refractivity contribution in [2.45, 2.75) is 51.6 Å².